The van der Waals surface area contributed by atoms with Crippen LogP contribution in [0.3, 0.4) is 0 Å². The maximum absolute atomic E-state index is 12.2. The zero-order chi connectivity index (χ0) is 15.4. The zero-order valence-electron chi connectivity index (χ0n) is 11.4. The predicted molar refractivity (Wildman–Crippen MR) is 77.5 cm³/mol. The van der Waals surface area contributed by atoms with Crippen molar-refractivity contribution in [1.29, 1.82) is 0 Å². The summed E-state index contributed by atoms with van der Waals surface area (Å²) < 4.78 is 4.63. The molecular weight excluding hydrogens is 294 g/mol. The predicted octanol–water partition coefficient (Wildman–Crippen LogP) is 2.48. The first-order valence-electron chi connectivity index (χ1n) is 5.98. The molecule has 0 unspecified atom stereocenters. The Hall–Kier alpha value is -2.47. The molecule has 108 valence electrons. The van der Waals surface area contributed by atoms with Crippen molar-refractivity contribution in [3.63, 3.8) is 0 Å². The number of methoxy groups -OCH3 is 1. The van der Waals surface area contributed by atoms with Crippen LogP contribution < -0.4 is 5.32 Å². The summed E-state index contributed by atoms with van der Waals surface area (Å²) in [5, 5.41) is 2.94. The van der Waals surface area contributed by atoms with Crippen LogP contribution >= 0.6 is 11.6 Å². The number of hydrogen-bond acceptors (Lipinski definition) is 5. The quantitative estimate of drug-likeness (QED) is 0.881. The van der Waals surface area contributed by atoms with E-state index in [0.717, 1.165) is 0 Å². The second-order valence-corrected chi connectivity index (χ2v) is 4.57. The lowest BCUT2D eigenvalue weighted by molar-refractivity contribution is 0.0600. The fraction of sp³-hybridized carbons (Fsp3) is 0.143. The molecule has 0 radical (unpaired) electrons. The van der Waals surface area contributed by atoms with Crippen molar-refractivity contribution in [2.45, 2.75) is 6.92 Å². The third kappa shape index (κ3) is 3.35. The number of esters is 1. The van der Waals surface area contributed by atoms with E-state index in [0.29, 0.717) is 27.5 Å². The van der Waals surface area contributed by atoms with Gasteiger partial charge in [-0.15, -0.1) is 0 Å². The van der Waals surface area contributed by atoms with Crippen LogP contribution in [0.4, 0.5) is 5.69 Å². The first-order chi connectivity index (χ1) is 10.0. The minimum atomic E-state index is -0.513. The largest absolute Gasteiger partial charge is 0.465 e. The lowest BCUT2D eigenvalue weighted by Gasteiger charge is -2.09. The molecule has 1 amide bonds. The highest BCUT2D eigenvalue weighted by molar-refractivity contribution is 6.34. The van der Waals surface area contributed by atoms with Crippen molar-refractivity contribution in [2.75, 3.05) is 12.4 Å². The number of amides is 1. The molecule has 0 aliphatic rings. The first-order valence-corrected chi connectivity index (χ1v) is 6.36. The molecule has 0 atom stereocenters. The Labute approximate surface area is 126 Å². The van der Waals surface area contributed by atoms with Crippen molar-refractivity contribution in [3.05, 3.63) is 52.6 Å². The Bertz CT molecular complexity index is 704. The van der Waals surface area contributed by atoms with E-state index >= 15 is 0 Å². The number of ether oxygens (including phenoxy) is 1. The molecule has 2 aromatic rings. The summed E-state index contributed by atoms with van der Waals surface area (Å²) in [7, 11) is 1.28. The number of rotatable bonds is 3. The molecule has 1 aromatic heterocycles. The van der Waals surface area contributed by atoms with E-state index < -0.39 is 11.9 Å². The summed E-state index contributed by atoms with van der Waals surface area (Å²) in [6, 6.07) is 4.48. The molecule has 7 heteroatoms. The van der Waals surface area contributed by atoms with Crippen molar-refractivity contribution >= 4 is 29.2 Å². The van der Waals surface area contributed by atoms with Gasteiger partial charge in [0.05, 0.1) is 34.6 Å². The molecule has 1 heterocycles. The molecule has 0 saturated carbocycles. The Kier molecular flexibility index (Phi) is 4.49. The standard InChI is InChI=1S/C14H12ClN3O3/c1-8-10(6-16-7-17-8)13(19)18-12-5-9(14(20)21-2)3-4-11(12)15/h3-7H,1-2H3,(H,18,19). The van der Waals surface area contributed by atoms with Crippen molar-refractivity contribution in [1.82, 2.24) is 9.97 Å². The summed E-state index contributed by atoms with van der Waals surface area (Å²) >= 11 is 6.02. The van der Waals surface area contributed by atoms with Crippen LogP contribution in [0.2, 0.25) is 5.02 Å². The van der Waals surface area contributed by atoms with Crippen LogP contribution in [0.1, 0.15) is 26.4 Å². The second-order valence-electron chi connectivity index (χ2n) is 4.16. The fourth-order valence-electron chi connectivity index (χ4n) is 1.67. The number of halogens is 1. The van der Waals surface area contributed by atoms with Crippen molar-refractivity contribution in [2.24, 2.45) is 0 Å². The smallest absolute Gasteiger partial charge is 0.337 e. The third-order valence-corrected chi connectivity index (χ3v) is 3.12. The summed E-state index contributed by atoms with van der Waals surface area (Å²) in [6.45, 7) is 1.70. The second kappa shape index (κ2) is 6.32. The van der Waals surface area contributed by atoms with Crippen LogP contribution in [0, 0.1) is 6.92 Å². The van der Waals surface area contributed by atoms with Gasteiger partial charge in [-0.1, -0.05) is 11.6 Å². The van der Waals surface area contributed by atoms with Gasteiger partial charge < -0.3 is 10.1 Å². The average molecular weight is 306 g/mol. The van der Waals surface area contributed by atoms with Gasteiger partial charge in [-0.05, 0) is 25.1 Å². The monoisotopic (exact) mass is 305 g/mol. The Balaban J connectivity index is 2.29. The van der Waals surface area contributed by atoms with Gasteiger partial charge in [0, 0.05) is 6.20 Å². The topological polar surface area (TPSA) is 81.2 Å². The van der Waals surface area contributed by atoms with Crippen LogP contribution in [-0.2, 0) is 4.74 Å². The van der Waals surface area contributed by atoms with Crippen LogP contribution in [0.25, 0.3) is 0 Å². The highest BCUT2D eigenvalue weighted by Gasteiger charge is 2.14. The number of nitrogens with one attached hydrogen (secondary N) is 1. The Morgan fingerprint density at radius 2 is 2.10 bits per heavy atom. The van der Waals surface area contributed by atoms with Gasteiger partial charge in [-0.3, -0.25) is 4.79 Å². The molecule has 0 bridgehead atoms. The maximum Gasteiger partial charge on any atom is 0.337 e. The van der Waals surface area contributed by atoms with E-state index in [1.807, 2.05) is 0 Å². The highest BCUT2D eigenvalue weighted by atomic mass is 35.5. The number of anilines is 1. The van der Waals surface area contributed by atoms with E-state index in [9.17, 15) is 9.59 Å². The number of nitrogens with zero attached hydrogens (tertiary/aromatic N) is 2. The molecule has 0 aliphatic heterocycles. The molecule has 21 heavy (non-hydrogen) atoms. The molecule has 1 N–H and O–H groups in total. The van der Waals surface area contributed by atoms with E-state index in [1.54, 1.807) is 6.92 Å². The molecule has 0 saturated heterocycles. The molecule has 0 fully saturated rings. The number of aromatic nitrogens is 2. The molecule has 1 aromatic carbocycles. The summed E-state index contributed by atoms with van der Waals surface area (Å²) in [6.07, 6.45) is 2.77. The lowest BCUT2D eigenvalue weighted by Crippen LogP contribution is -2.15. The Morgan fingerprint density at radius 1 is 1.33 bits per heavy atom. The van der Waals surface area contributed by atoms with Gasteiger partial charge in [0.1, 0.15) is 6.33 Å². The van der Waals surface area contributed by atoms with Crippen molar-refractivity contribution < 1.29 is 14.3 Å². The average Bonchev–Trinajstić information content (AvgIpc) is 2.49. The first kappa shape index (κ1) is 14.9. The number of benzene rings is 1. The third-order valence-electron chi connectivity index (χ3n) is 2.79. The van der Waals surface area contributed by atoms with E-state index in [-0.39, 0.29) is 0 Å². The summed E-state index contributed by atoms with van der Waals surface area (Å²) in [5.74, 6) is -0.918. The number of hydrogen-bond donors (Lipinski definition) is 1. The maximum atomic E-state index is 12.2. The van der Waals surface area contributed by atoms with E-state index in [2.05, 4.69) is 20.0 Å². The van der Waals surface area contributed by atoms with Gasteiger partial charge in [-0.2, -0.15) is 0 Å². The molecule has 6 nitrogen and oxygen atoms in total. The minimum absolute atomic E-state index is 0.290. The molecular formula is C14H12ClN3O3. The molecule has 0 spiro atoms. The van der Waals surface area contributed by atoms with Gasteiger partial charge >= 0.3 is 5.97 Å². The van der Waals surface area contributed by atoms with Crippen LogP contribution in [0.5, 0.6) is 0 Å². The fourth-order valence-corrected chi connectivity index (χ4v) is 1.83. The number of carbonyl (C=O) groups is 2. The number of carbonyl (C=O) groups excluding carboxylic acids is 2. The Morgan fingerprint density at radius 3 is 2.76 bits per heavy atom. The van der Waals surface area contributed by atoms with Gasteiger partial charge in [-0.25, -0.2) is 14.8 Å². The number of aryl methyl sites for hydroxylation is 1. The SMILES string of the molecule is COC(=O)c1ccc(Cl)c(NC(=O)c2cncnc2C)c1. The van der Waals surface area contributed by atoms with E-state index in [1.165, 1.54) is 37.8 Å². The van der Waals surface area contributed by atoms with Crippen LogP contribution in [0.15, 0.2) is 30.7 Å². The van der Waals surface area contributed by atoms with E-state index in [4.69, 9.17) is 11.6 Å². The van der Waals surface area contributed by atoms with Gasteiger partial charge in [0.2, 0.25) is 0 Å². The minimum Gasteiger partial charge on any atom is -0.465 e. The molecule has 0 aliphatic carbocycles. The van der Waals surface area contributed by atoms with Crippen molar-refractivity contribution in [3.8, 4) is 0 Å². The van der Waals surface area contributed by atoms with Gasteiger partial charge in [0.15, 0.2) is 0 Å². The molecule has 2 rings (SSSR count). The summed E-state index contributed by atoms with van der Waals surface area (Å²) in [4.78, 5) is 31.4. The zero-order valence-corrected chi connectivity index (χ0v) is 12.1. The summed E-state index contributed by atoms with van der Waals surface area (Å²) in [5.41, 5.74) is 1.48. The highest BCUT2D eigenvalue weighted by Crippen LogP contribution is 2.24. The van der Waals surface area contributed by atoms with Gasteiger partial charge in [0.25, 0.3) is 5.91 Å². The van der Waals surface area contributed by atoms with Crippen LogP contribution in [-0.4, -0.2) is 29.0 Å². The normalized spacial score (nSPS) is 10.0. The lowest BCUT2D eigenvalue weighted by atomic mass is 10.2.